The van der Waals surface area contributed by atoms with Gasteiger partial charge in [0.1, 0.15) is 5.82 Å². The number of nitrogens with zero attached hydrogens (tertiary/aromatic N) is 5. The van der Waals surface area contributed by atoms with Crippen LogP contribution in [0.15, 0.2) is 30.5 Å². The van der Waals surface area contributed by atoms with Gasteiger partial charge in [0.25, 0.3) is 0 Å². The lowest BCUT2D eigenvalue weighted by Gasteiger charge is -2.28. The van der Waals surface area contributed by atoms with E-state index in [1.165, 1.54) is 0 Å². The molecule has 0 saturated carbocycles. The van der Waals surface area contributed by atoms with Gasteiger partial charge in [-0.05, 0) is 50.2 Å². The molecular weight excluding hydrogens is 408 g/mol. The lowest BCUT2D eigenvalue weighted by Crippen LogP contribution is -2.37. The second-order valence-corrected chi connectivity index (χ2v) is 8.06. The summed E-state index contributed by atoms with van der Waals surface area (Å²) in [5.74, 6) is 1.56. The molecule has 10 heteroatoms. The van der Waals surface area contributed by atoms with Crippen LogP contribution in [0.4, 0.5) is 16.3 Å². The van der Waals surface area contributed by atoms with Gasteiger partial charge in [-0.15, -0.1) is 0 Å². The molecule has 5 rings (SSSR count). The lowest BCUT2D eigenvalue weighted by atomic mass is 10.1. The van der Waals surface area contributed by atoms with Gasteiger partial charge in [-0.1, -0.05) is 0 Å². The summed E-state index contributed by atoms with van der Waals surface area (Å²) in [7, 11) is 1.59. The van der Waals surface area contributed by atoms with Gasteiger partial charge >= 0.3 is 6.03 Å². The monoisotopic (exact) mass is 436 g/mol. The fourth-order valence-electron chi connectivity index (χ4n) is 4.27. The Morgan fingerprint density at radius 2 is 1.88 bits per heavy atom. The van der Waals surface area contributed by atoms with Crippen LogP contribution in [0.1, 0.15) is 18.9 Å². The number of rotatable bonds is 4. The number of nitrogens with one attached hydrogen (secondary N) is 3. The molecule has 0 unspecified atom stereocenters. The fourth-order valence-corrected chi connectivity index (χ4v) is 4.27. The van der Waals surface area contributed by atoms with Gasteiger partial charge < -0.3 is 25.6 Å². The third-order valence-corrected chi connectivity index (χ3v) is 6.03. The third kappa shape index (κ3) is 4.11. The summed E-state index contributed by atoms with van der Waals surface area (Å²) in [5.41, 5.74) is 2.47. The molecule has 4 heterocycles. The molecule has 0 atom stereocenters. The zero-order valence-corrected chi connectivity index (χ0v) is 18.2. The second kappa shape index (κ2) is 9.09. The van der Waals surface area contributed by atoms with Crippen LogP contribution >= 0.6 is 0 Å². The van der Waals surface area contributed by atoms with Crippen molar-refractivity contribution in [3.05, 3.63) is 30.5 Å². The Hall–Kier alpha value is -3.24. The molecular formula is C22H28N8O2. The Morgan fingerprint density at radius 1 is 1.12 bits per heavy atom. The van der Waals surface area contributed by atoms with Crippen molar-refractivity contribution < 1.29 is 9.53 Å². The molecule has 0 aliphatic carbocycles. The molecule has 1 aromatic carbocycles. The molecule has 3 N–H and O–H groups in total. The molecule has 2 aliphatic rings. The number of ether oxygens (including phenoxy) is 1. The number of aromatic nitrogens is 4. The summed E-state index contributed by atoms with van der Waals surface area (Å²) in [5, 5.41) is 14.5. The molecule has 0 spiro atoms. The normalized spacial score (nSPS) is 17.5. The number of fused-ring (bicyclic) bond motifs is 1. The van der Waals surface area contributed by atoms with Crippen LogP contribution in [-0.4, -0.2) is 72.2 Å². The molecule has 2 saturated heterocycles. The molecule has 2 aliphatic heterocycles. The summed E-state index contributed by atoms with van der Waals surface area (Å²) in [6.45, 7) is 4.92. The first-order valence-electron chi connectivity index (χ1n) is 11.1. The Labute approximate surface area is 186 Å². The van der Waals surface area contributed by atoms with Crippen molar-refractivity contribution in [3.8, 4) is 11.4 Å². The highest BCUT2D eigenvalue weighted by Gasteiger charge is 2.24. The first-order valence-corrected chi connectivity index (χ1v) is 11.1. The van der Waals surface area contributed by atoms with Crippen LogP contribution < -0.4 is 20.9 Å². The van der Waals surface area contributed by atoms with Crippen molar-refractivity contribution in [3.63, 3.8) is 0 Å². The summed E-state index contributed by atoms with van der Waals surface area (Å²) in [6, 6.07) is 7.65. The van der Waals surface area contributed by atoms with Gasteiger partial charge in [-0.25, -0.2) is 19.4 Å². The molecule has 0 bridgehead atoms. The van der Waals surface area contributed by atoms with Crippen LogP contribution in [-0.2, 0) is 4.74 Å². The van der Waals surface area contributed by atoms with Crippen LogP contribution in [0.3, 0.4) is 0 Å². The molecule has 2 fully saturated rings. The van der Waals surface area contributed by atoms with Crippen molar-refractivity contribution >= 4 is 28.6 Å². The Morgan fingerprint density at radius 3 is 2.59 bits per heavy atom. The highest BCUT2D eigenvalue weighted by molar-refractivity contribution is 5.90. The van der Waals surface area contributed by atoms with Crippen LogP contribution in [0.2, 0.25) is 0 Å². The Balaban J connectivity index is 1.56. The van der Waals surface area contributed by atoms with Crippen LogP contribution in [0, 0.1) is 0 Å². The van der Waals surface area contributed by atoms with Gasteiger partial charge in [-0.2, -0.15) is 5.10 Å². The average Bonchev–Trinajstić information content (AvgIpc) is 3.29. The largest absolute Gasteiger partial charge is 0.378 e. The van der Waals surface area contributed by atoms with Gasteiger partial charge in [-0.3, -0.25) is 0 Å². The van der Waals surface area contributed by atoms with Crippen LogP contribution in [0.5, 0.6) is 0 Å². The SMILES string of the molecule is CNC(=O)Nc1ccc(-c2nc(N3CCOCC3)c3cnn(C4CCNCC4)c3n2)cc1. The van der Waals surface area contributed by atoms with Crippen molar-refractivity contribution in [1.29, 1.82) is 0 Å². The summed E-state index contributed by atoms with van der Waals surface area (Å²) in [6.07, 6.45) is 3.97. The molecule has 32 heavy (non-hydrogen) atoms. The number of amides is 2. The van der Waals surface area contributed by atoms with E-state index in [0.717, 1.165) is 61.4 Å². The minimum Gasteiger partial charge on any atom is -0.378 e. The topological polar surface area (TPSA) is 109 Å². The first kappa shape index (κ1) is 20.7. The maximum absolute atomic E-state index is 11.6. The van der Waals surface area contributed by atoms with E-state index in [4.69, 9.17) is 19.8 Å². The van der Waals surface area contributed by atoms with E-state index in [-0.39, 0.29) is 6.03 Å². The van der Waals surface area contributed by atoms with E-state index in [2.05, 4.69) is 25.5 Å². The van der Waals surface area contributed by atoms with Gasteiger partial charge in [0.15, 0.2) is 11.5 Å². The number of urea groups is 1. The standard InChI is InChI=1S/C22H28N8O2/c1-23-22(31)26-16-4-2-15(3-5-16)19-27-20(29-10-12-32-13-11-29)18-14-25-30(21(18)28-19)17-6-8-24-9-7-17/h2-5,14,17,24H,6-13H2,1H3,(H2,23,26,31). The molecule has 3 aromatic rings. The predicted molar refractivity (Wildman–Crippen MR) is 123 cm³/mol. The van der Waals surface area contributed by atoms with Gasteiger partial charge in [0, 0.05) is 31.4 Å². The molecule has 2 amide bonds. The fraction of sp³-hybridized carbons (Fsp3) is 0.455. The maximum atomic E-state index is 11.6. The smallest absolute Gasteiger partial charge is 0.318 e. The molecule has 168 valence electrons. The molecule has 0 radical (unpaired) electrons. The number of morpholine rings is 1. The Bertz CT molecular complexity index is 1090. The van der Waals surface area contributed by atoms with Crippen LogP contribution in [0.25, 0.3) is 22.4 Å². The number of hydrogen-bond acceptors (Lipinski definition) is 7. The van der Waals surface area contributed by atoms with E-state index in [1.807, 2.05) is 30.5 Å². The second-order valence-electron chi connectivity index (χ2n) is 8.06. The number of carbonyl (C=O) groups excluding carboxylic acids is 1. The van der Waals surface area contributed by atoms with E-state index in [0.29, 0.717) is 30.8 Å². The first-order chi connectivity index (χ1) is 15.7. The summed E-state index contributed by atoms with van der Waals surface area (Å²) < 4.78 is 7.63. The summed E-state index contributed by atoms with van der Waals surface area (Å²) in [4.78, 5) is 23.7. The lowest BCUT2D eigenvalue weighted by molar-refractivity contribution is 0.122. The number of hydrogen-bond donors (Lipinski definition) is 3. The predicted octanol–water partition coefficient (Wildman–Crippen LogP) is 2.01. The van der Waals surface area contributed by atoms with Crippen molar-refractivity contribution in [2.75, 3.05) is 56.7 Å². The Kier molecular flexibility index (Phi) is 5.87. The van der Waals surface area contributed by atoms with Crippen molar-refractivity contribution in [2.24, 2.45) is 0 Å². The van der Waals surface area contributed by atoms with Gasteiger partial charge in [0.2, 0.25) is 0 Å². The van der Waals surface area contributed by atoms with E-state index < -0.39 is 0 Å². The van der Waals surface area contributed by atoms with Crippen molar-refractivity contribution in [1.82, 2.24) is 30.4 Å². The maximum Gasteiger partial charge on any atom is 0.318 e. The highest BCUT2D eigenvalue weighted by atomic mass is 16.5. The minimum absolute atomic E-state index is 0.254. The zero-order chi connectivity index (χ0) is 21.9. The minimum atomic E-state index is -0.254. The number of carbonyl (C=O) groups is 1. The zero-order valence-electron chi connectivity index (χ0n) is 18.2. The van der Waals surface area contributed by atoms with E-state index in [1.54, 1.807) is 7.05 Å². The quantitative estimate of drug-likeness (QED) is 0.574. The number of anilines is 2. The van der Waals surface area contributed by atoms with E-state index >= 15 is 0 Å². The van der Waals surface area contributed by atoms with Gasteiger partial charge in [0.05, 0.1) is 30.8 Å². The average molecular weight is 437 g/mol. The van der Waals surface area contributed by atoms with Crippen molar-refractivity contribution in [2.45, 2.75) is 18.9 Å². The highest BCUT2D eigenvalue weighted by Crippen LogP contribution is 2.31. The number of benzene rings is 1. The van der Waals surface area contributed by atoms with E-state index in [9.17, 15) is 4.79 Å². The number of piperidine rings is 1. The third-order valence-electron chi connectivity index (χ3n) is 6.03. The molecule has 2 aromatic heterocycles. The molecule has 10 nitrogen and oxygen atoms in total. The summed E-state index contributed by atoms with van der Waals surface area (Å²) >= 11 is 0.